The molecule has 0 aliphatic heterocycles. The van der Waals surface area contributed by atoms with Crippen LogP contribution in [0.4, 0.5) is 10.1 Å². The second kappa shape index (κ2) is 7.83. The third-order valence-electron chi connectivity index (χ3n) is 3.17. The minimum atomic E-state index is -3.82. The van der Waals surface area contributed by atoms with E-state index in [4.69, 9.17) is 21.1 Å². The zero-order valence-electron chi connectivity index (χ0n) is 13.2. The maximum atomic E-state index is 13.1. The highest BCUT2D eigenvalue weighted by Crippen LogP contribution is 2.25. The van der Waals surface area contributed by atoms with E-state index in [0.29, 0.717) is 24.5 Å². The number of sulfonamides is 1. The predicted molar refractivity (Wildman–Crippen MR) is 90.8 cm³/mol. The summed E-state index contributed by atoms with van der Waals surface area (Å²) in [4.78, 5) is 0.0690. The predicted octanol–water partition coefficient (Wildman–Crippen LogP) is 3.61. The van der Waals surface area contributed by atoms with Crippen molar-refractivity contribution in [3.63, 3.8) is 0 Å². The smallest absolute Gasteiger partial charge is 0.261 e. The molecule has 24 heavy (non-hydrogen) atoms. The molecule has 0 spiro atoms. The van der Waals surface area contributed by atoms with Crippen LogP contribution in [0.1, 0.15) is 5.56 Å². The van der Waals surface area contributed by atoms with Gasteiger partial charge in [0.1, 0.15) is 18.2 Å². The van der Waals surface area contributed by atoms with E-state index >= 15 is 0 Å². The molecule has 0 fully saturated rings. The van der Waals surface area contributed by atoms with E-state index in [9.17, 15) is 12.8 Å². The van der Waals surface area contributed by atoms with Gasteiger partial charge in [-0.15, -0.1) is 0 Å². The van der Waals surface area contributed by atoms with E-state index in [1.54, 1.807) is 20.1 Å². The summed E-state index contributed by atoms with van der Waals surface area (Å²) in [5.41, 5.74) is 0.852. The summed E-state index contributed by atoms with van der Waals surface area (Å²) < 4.78 is 50.7. The Morgan fingerprint density at radius 1 is 1.17 bits per heavy atom. The molecule has 0 saturated heterocycles. The molecule has 5 nitrogen and oxygen atoms in total. The number of nitrogens with one attached hydrogen (secondary N) is 1. The second-order valence-electron chi connectivity index (χ2n) is 5.00. The van der Waals surface area contributed by atoms with E-state index in [2.05, 4.69) is 4.72 Å². The van der Waals surface area contributed by atoms with Crippen molar-refractivity contribution in [2.45, 2.75) is 11.8 Å². The Bertz CT molecular complexity index is 827. The standard InChI is InChI=1S/C16H17ClFNO4S/c1-11-9-13(4-6-16(11)23-8-7-22-2)24(20,21)19-12-3-5-15(18)14(17)10-12/h3-6,9-10,19H,7-8H2,1-2H3. The van der Waals surface area contributed by atoms with Crippen molar-refractivity contribution in [1.82, 2.24) is 0 Å². The first kappa shape index (κ1) is 18.5. The van der Waals surface area contributed by atoms with Crippen LogP contribution in [0.5, 0.6) is 5.75 Å². The summed E-state index contributed by atoms with van der Waals surface area (Å²) >= 11 is 5.66. The highest BCUT2D eigenvalue weighted by molar-refractivity contribution is 7.92. The second-order valence-corrected chi connectivity index (χ2v) is 7.09. The molecule has 130 valence electrons. The van der Waals surface area contributed by atoms with Gasteiger partial charge in [0, 0.05) is 7.11 Å². The van der Waals surface area contributed by atoms with Crippen LogP contribution in [0.2, 0.25) is 5.02 Å². The normalized spacial score (nSPS) is 11.3. The minimum absolute atomic E-state index is 0.0690. The zero-order chi connectivity index (χ0) is 17.7. The molecule has 0 aliphatic rings. The molecule has 0 aliphatic carbocycles. The molecule has 2 aromatic carbocycles. The maximum absolute atomic E-state index is 13.1. The number of anilines is 1. The van der Waals surface area contributed by atoms with Crippen molar-refractivity contribution < 1.29 is 22.3 Å². The summed E-state index contributed by atoms with van der Waals surface area (Å²) in [5, 5.41) is -0.159. The molecule has 8 heteroatoms. The Hall–Kier alpha value is -1.83. The summed E-state index contributed by atoms with van der Waals surface area (Å²) in [5.74, 6) is -0.0381. The van der Waals surface area contributed by atoms with Crippen LogP contribution in [0.15, 0.2) is 41.3 Å². The molecule has 1 N–H and O–H groups in total. The number of ether oxygens (including phenoxy) is 2. The average molecular weight is 374 g/mol. The van der Waals surface area contributed by atoms with Crippen molar-refractivity contribution in [2.75, 3.05) is 25.0 Å². The molecule has 0 amide bonds. The van der Waals surface area contributed by atoms with E-state index < -0.39 is 15.8 Å². The van der Waals surface area contributed by atoms with Crippen molar-refractivity contribution in [1.29, 1.82) is 0 Å². The Morgan fingerprint density at radius 3 is 2.54 bits per heavy atom. The van der Waals surface area contributed by atoms with Gasteiger partial charge in [-0.1, -0.05) is 11.6 Å². The largest absolute Gasteiger partial charge is 0.491 e. The molecule has 0 bridgehead atoms. The molecule has 0 atom stereocenters. The minimum Gasteiger partial charge on any atom is -0.491 e. The van der Waals surface area contributed by atoms with Crippen LogP contribution in [0.25, 0.3) is 0 Å². The van der Waals surface area contributed by atoms with Gasteiger partial charge in [0.15, 0.2) is 0 Å². The highest BCUT2D eigenvalue weighted by atomic mass is 35.5. The third kappa shape index (κ3) is 4.59. The van der Waals surface area contributed by atoms with Crippen molar-refractivity contribution >= 4 is 27.3 Å². The first-order valence-corrected chi connectivity index (χ1v) is 8.90. The topological polar surface area (TPSA) is 64.6 Å². The van der Waals surface area contributed by atoms with Crippen LogP contribution in [0, 0.1) is 12.7 Å². The van der Waals surface area contributed by atoms with E-state index in [1.165, 1.54) is 24.3 Å². The van der Waals surface area contributed by atoms with Gasteiger partial charge in [-0.3, -0.25) is 4.72 Å². The maximum Gasteiger partial charge on any atom is 0.261 e. The number of hydrogen-bond acceptors (Lipinski definition) is 4. The number of aryl methyl sites for hydroxylation is 1. The van der Waals surface area contributed by atoms with E-state index in [1.807, 2.05) is 0 Å². The Kier molecular flexibility index (Phi) is 6.04. The van der Waals surface area contributed by atoms with Gasteiger partial charge in [0.2, 0.25) is 0 Å². The first-order valence-electron chi connectivity index (χ1n) is 7.04. The molecule has 0 aromatic heterocycles. The van der Waals surface area contributed by atoms with Crippen molar-refractivity contribution in [2.24, 2.45) is 0 Å². The highest BCUT2D eigenvalue weighted by Gasteiger charge is 2.16. The lowest BCUT2D eigenvalue weighted by Crippen LogP contribution is -2.13. The summed E-state index contributed by atoms with van der Waals surface area (Å²) in [6.07, 6.45) is 0. The molecule has 2 rings (SSSR count). The lowest BCUT2D eigenvalue weighted by Gasteiger charge is -2.12. The lowest BCUT2D eigenvalue weighted by molar-refractivity contribution is 0.146. The van der Waals surface area contributed by atoms with Crippen LogP contribution in [0.3, 0.4) is 0 Å². The molecule has 0 radical (unpaired) electrons. The van der Waals surface area contributed by atoms with Crippen LogP contribution >= 0.6 is 11.6 Å². The fraction of sp³-hybridized carbons (Fsp3) is 0.250. The van der Waals surface area contributed by atoms with Crippen LogP contribution < -0.4 is 9.46 Å². The number of benzene rings is 2. The summed E-state index contributed by atoms with van der Waals surface area (Å²) in [6.45, 7) is 2.55. The molecule has 2 aromatic rings. The van der Waals surface area contributed by atoms with Gasteiger partial charge >= 0.3 is 0 Å². The third-order valence-corrected chi connectivity index (χ3v) is 4.84. The van der Waals surface area contributed by atoms with E-state index in [-0.39, 0.29) is 15.6 Å². The number of rotatable bonds is 7. The first-order chi connectivity index (χ1) is 11.3. The molecule has 0 unspecified atom stereocenters. The Morgan fingerprint density at radius 2 is 1.92 bits per heavy atom. The molecule has 0 saturated carbocycles. The molecular weight excluding hydrogens is 357 g/mol. The van der Waals surface area contributed by atoms with E-state index in [0.717, 1.165) is 6.07 Å². The van der Waals surface area contributed by atoms with Gasteiger partial charge in [-0.05, 0) is 48.9 Å². The van der Waals surface area contributed by atoms with Crippen molar-refractivity contribution in [3.8, 4) is 5.75 Å². The Labute approximate surface area is 145 Å². The fourth-order valence-electron chi connectivity index (χ4n) is 1.96. The molecular formula is C16H17ClFNO4S. The molecule has 0 heterocycles. The fourth-order valence-corrected chi connectivity index (χ4v) is 3.27. The van der Waals surface area contributed by atoms with Gasteiger partial charge in [0.05, 0.1) is 22.2 Å². The van der Waals surface area contributed by atoms with Gasteiger partial charge in [-0.25, -0.2) is 12.8 Å². The van der Waals surface area contributed by atoms with Crippen LogP contribution in [-0.4, -0.2) is 28.7 Å². The summed E-state index contributed by atoms with van der Waals surface area (Å²) in [6, 6.07) is 8.12. The number of halogens is 2. The lowest BCUT2D eigenvalue weighted by atomic mass is 10.2. The zero-order valence-corrected chi connectivity index (χ0v) is 14.7. The SMILES string of the molecule is COCCOc1ccc(S(=O)(=O)Nc2ccc(F)c(Cl)c2)cc1C. The summed E-state index contributed by atoms with van der Waals surface area (Å²) in [7, 11) is -2.25. The van der Waals surface area contributed by atoms with Gasteiger partial charge in [-0.2, -0.15) is 0 Å². The van der Waals surface area contributed by atoms with Crippen LogP contribution in [-0.2, 0) is 14.8 Å². The Balaban J connectivity index is 2.19. The van der Waals surface area contributed by atoms with Gasteiger partial charge in [0.25, 0.3) is 10.0 Å². The number of hydrogen-bond donors (Lipinski definition) is 1. The van der Waals surface area contributed by atoms with Crippen molar-refractivity contribution in [3.05, 3.63) is 52.8 Å². The average Bonchev–Trinajstić information content (AvgIpc) is 2.52. The monoisotopic (exact) mass is 373 g/mol. The number of methoxy groups -OCH3 is 1. The van der Waals surface area contributed by atoms with Gasteiger partial charge < -0.3 is 9.47 Å². The quantitative estimate of drug-likeness (QED) is 0.753.